The third-order valence-corrected chi connectivity index (χ3v) is 5.72. The van der Waals surface area contributed by atoms with Gasteiger partial charge in [0.25, 0.3) is 5.91 Å². The smallest absolute Gasteiger partial charge is 0.319 e. The molecule has 0 saturated carbocycles. The van der Waals surface area contributed by atoms with Crippen LogP contribution in [0.2, 0.25) is 0 Å². The van der Waals surface area contributed by atoms with Crippen molar-refractivity contribution in [1.82, 2.24) is 19.7 Å². The van der Waals surface area contributed by atoms with Crippen LogP contribution in [0.3, 0.4) is 0 Å². The molecule has 0 bridgehead atoms. The molecule has 9 heteroatoms. The Bertz CT molecular complexity index is 1110. The van der Waals surface area contributed by atoms with Crippen molar-refractivity contribution in [2.45, 2.75) is 25.4 Å². The minimum absolute atomic E-state index is 0.00487. The molecule has 32 heavy (non-hydrogen) atoms. The number of urea groups is 1. The summed E-state index contributed by atoms with van der Waals surface area (Å²) < 4.78 is 6.87. The fourth-order valence-corrected chi connectivity index (χ4v) is 3.85. The lowest BCUT2D eigenvalue weighted by molar-refractivity contribution is -0.129. The van der Waals surface area contributed by atoms with Crippen molar-refractivity contribution in [2.24, 2.45) is 0 Å². The van der Waals surface area contributed by atoms with E-state index in [1.807, 2.05) is 35.0 Å². The lowest BCUT2D eigenvalue weighted by Crippen LogP contribution is -2.47. The summed E-state index contributed by atoms with van der Waals surface area (Å²) in [6.45, 7) is 1.44. The molecule has 1 fully saturated rings. The Kier molecular flexibility index (Phi) is 6.16. The number of hydrogen-bond acceptors (Lipinski definition) is 4. The predicted octanol–water partition coefficient (Wildman–Crippen LogP) is 2.75. The number of rotatable bonds is 5. The van der Waals surface area contributed by atoms with Crippen LogP contribution in [0.1, 0.15) is 23.2 Å². The second-order valence-electron chi connectivity index (χ2n) is 8.18. The number of benzene rings is 1. The maximum Gasteiger partial charge on any atom is 0.319 e. The van der Waals surface area contributed by atoms with Crippen molar-refractivity contribution >= 4 is 34.4 Å². The van der Waals surface area contributed by atoms with E-state index in [-0.39, 0.29) is 30.4 Å². The maximum atomic E-state index is 12.5. The van der Waals surface area contributed by atoms with Gasteiger partial charge < -0.3 is 29.4 Å². The van der Waals surface area contributed by atoms with E-state index in [1.165, 1.54) is 12.5 Å². The molecule has 4 amide bonds. The van der Waals surface area contributed by atoms with Gasteiger partial charge in [-0.15, -0.1) is 0 Å². The summed E-state index contributed by atoms with van der Waals surface area (Å²) in [5.41, 5.74) is 2.16. The van der Waals surface area contributed by atoms with Gasteiger partial charge in [-0.2, -0.15) is 0 Å². The van der Waals surface area contributed by atoms with E-state index < -0.39 is 0 Å². The van der Waals surface area contributed by atoms with Crippen molar-refractivity contribution in [3.05, 3.63) is 54.6 Å². The zero-order valence-corrected chi connectivity index (χ0v) is 18.2. The molecule has 1 saturated heterocycles. The van der Waals surface area contributed by atoms with Gasteiger partial charge in [0.05, 0.1) is 11.8 Å². The van der Waals surface area contributed by atoms with Crippen molar-refractivity contribution < 1.29 is 18.8 Å². The lowest BCUT2D eigenvalue weighted by atomic mass is 10.0. The molecule has 0 aliphatic carbocycles. The first-order chi connectivity index (χ1) is 15.4. The van der Waals surface area contributed by atoms with Crippen LogP contribution in [0.25, 0.3) is 10.9 Å². The number of aromatic nitrogens is 1. The van der Waals surface area contributed by atoms with E-state index in [9.17, 15) is 14.4 Å². The molecule has 0 radical (unpaired) electrons. The summed E-state index contributed by atoms with van der Waals surface area (Å²) >= 11 is 0. The summed E-state index contributed by atoms with van der Waals surface area (Å²) in [5, 5.41) is 6.81. The van der Waals surface area contributed by atoms with Gasteiger partial charge in [-0.1, -0.05) is 0 Å². The molecule has 4 rings (SSSR count). The lowest BCUT2D eigenvalue weighted by Gasteiger charge is -2.32. The molecule has 0 unspecified atom stereocenters. The Hall–Kier alpha value is -3.75. The molecule has 1 aliphatic heterocycles. The first kappa shape index (κ1) is 21.5. The van der Waals surface area contributed by atoms with Crippen molar-refractivity contribution in [3.8, 4) is 0 Å². The zero-order chi connectivity index (χ0) is 22.7. The molecule has 0 spiro atoms. The largest absolute Gasteiger partial charge is 0.472 e. The highest BCUT2D eigenvalue weighted by Gasteiger charge is 2.25. The first-order valence-corrected chi connectivity index (χ1v) is 10.6. The van der Waals surface area contributed by atoms with Crippen LogP contribution in [0.15, 0.2) is 53.5 Å². The Morgan fingerprint density at radius 3 is 2.59 bits per heavy atom. The number of hydrogen-bond donors (Lipinski definition) is 2. The molecule has 2 N–H and O–H groups in total. The minimum atomic E-state index is -0.272. The van der Waals surface area contributed by atoms with E-state index in [4.69, 9.17) is 4.42 Å². The molecule has 3 heterocycles. The normalized spacial score (nSPS) is 14.4. The number of carbonyl (C=O) groups excluding carboxylic acids is 3. The van der Waals surface area contributed by atoms with Crippen LogP contribution >= 0.6 is 0 Å². The topological polar surface area (TPSA) is 99.8 Å². The molecule has 1 aliphatic rings. The predicted molar refractivity (Wildman–Crippen MR) is 120 cm³/mol. The van der Waals surface area contributed by atoms with Gasteiger partial charge >= 0.3 is 6.03 Å². The average molecular weight is 438 g/mol. The quantitative estimate of drug-likeness (QED) is 0.641. The number of nitrogens with one attached hydrogen (secondary N) is 2. The zero-order valence-electron chi connectivity index (χ0n) is 18.2. The molecule has 1 aromatic carbocycles. The number of carbonyl (C=O) groups is 3. The monoisotopic (exact) mass is 437 g/mol. The van der Waals surface area contributed by atoms with Gasteiger partial charge in [0.15, 0.2) is 0 Å². The van der Waals surface area contributed by atoms with Crippen LogP contribution in [0, 0.1) is 0 Å². The summed E-state index contributed by atoms with van der Waals surface area (Å²) in [6, 6.07) is 8.92. The van der Waals surface area contributed by atoms with Gasteiger partial charge in [0, 0.05) is 56.0 Å². The van der Waals surface area contributed by atoms with E-state index in [2.05, 4.69) is 10.6 Å². The minimum Gasteiger partial charge on any atom is -0.472 e. The number of likely N-dealkylation sites (N-methyl/N-ethyl adjacent to an activating group) is 1. The second-order valence-corrected chi connectivity index (χ2v) is 8.18. The van der Waals surface area contributed by atoms with Crippen molar-refractivity contribution in [1.29, 1.82) is 0 Å². The number of nitrogens with zero attached hydrogens (tertiary/aromatic N) is 3. The Labute approximate surface area is 185 Å². The summed E-state index contributed by atoms with van der Waals surface area (Å²) in [7, 11) is 3.46. The molecule has 2 aromatic heterocycles. The highest BCUT2D eigenvalue weighted by Crippen LogP contribution is 2.21. The summed E-state index contributed by atoms with van der Waals surface area (Å²) in [6.07, 6.45) is 6.19. The van der Waals surface area contributed by atoms with E-state index in [0.29, 0.717) is 37.2 Å². The fourth-order valence-electron chi connectivity index (χ4n) is 3.85. The number of likely N-dealkylation sites (tertiary alicyclic amines) is 1. The van der Waals surface area contributed by atoms with Crippen LogP contribution in [0.4, 0.5) is 10.5 Å². The first-order valence-electron chi connectivity index (χ1n) is 10.6. The standard InChI is InChI=1S/C23H27N5O4/c1-26(2)21(29)14-28-9-5-16-13-19(3-4-20(16)28)25-23(31)24-18-6-10-27(11-7-18)22(30)17-8-12-32-15-17/h3-5,8-9,12-13,15,18H,6-7,10-11,14H2,1-2H3,(H2,24,25,31). The number of furan rings is 1. The van der Waals surface area contributed by atoms with Crippen LogP contribution in [0.5, 0.6) is 0 Å². The van der Waals surface area contributed by atoms with Crippen molar-refractivity contribution in [2.75, 3.05) is 32.5 Å². The third kappa shape index (κ3) is 4.77. The van der Waals surface area contributed by atoms with Gasteiger partial charge in [0.1, 0.15) is 12.8 Å². The number of anilines is 1. The summed E-state index contributed by atoms with van der Waals surface area (Å²) in [5.74, 6) is -0.0317. The van der Waals surface area contributed by atoms with Gasteiger partial charge in [0.2, 0.25) is 5.91 Å². The van der Waals surface area contributed by atoms with E-state index in [1.54, 1.807) is 30.0 Å². The average Bonchev–Trinajstić information content (AvgIpc) is 3.44. The van der Waals surface area contributed by atoms with Crippen LogP contribution in [-0.2, 0) is 11.3 Å². The SMILES string of the molecule is CN(C)C(=O)Cn1ccc2cc(NC(=O)NC3CCN(C(=O)c4ccoc4)CC3)ccc21. The van der Waals surface area contributed by atoms with Crippen molar-refractivity contribution in [3.63, 3.8) is 0 Å². The highest BCUT2D eigenvalue weighted by molar-refractivity contribution is 5.94. The fraction of sp³-hybridized carbons (Fsp3) is 0.348. The molecule has 3 aromatic rings. The van der Waals surface area contributed by atoms with Gasteiger partial charge in [-0.25, -0.2) is 4.79 Å². The third-order valence-electron chi connectivity index (χ3n) is 5.72. The molecular weight excluding hydrogens is 410 g/mol. The van der Waals surface area contributed by atoms with E-state index in [0.717, 1.165) is 10.9 Å². The Balaban J connectivity index is 1.30. The molecular formula is C23H27N5O4. The molecule has 168 valence electrons. The summed E-state index contributed by atoms with van der Waals surface area (Å²) in [4.78, 5) is 40.2. The van der Waals surface area contributed by atoms with E-state index >= 15 is 0 Å². The number of piperidine rings is 1. The van der Waals surface area contributed by atoms with Gasteiger partial charge in [-0.05, 0) is 43.2 Å². The molecule has 9 nitrogen and oxygen atoms in total. The Morgan fingerprint density at radius 2 is 1.91 bits per heavy atom. The molecule has 0 atom stereocenters. The van der Waals surface area contributed by atoms with Crippen LogP contribution < -0.4 is 10.6 Å². The second kappa shape index (κ2) is 9.17. The Morgan fingerprint density at radius 1 is 1.12 bits per heavy atom. The maximum absolute atomic E-state index is 12.5. The number of fused-ring (bicyclic) bond motifs is 1. The number of amides is 4. The van der Waals surface area contributed by atoms with Crippen LogP contribution in [-0.4, -0.2) is 65.4 Å². The van der Waals surface area contributed by atoms with Gasteiger partial charge in [-0.3, -0.25) is 9.59 Å². The highest BCUT2D eigenvalue weighted by atomic mass is 16.3.